The molecule has 4 rings (SSSR count). The highest BCUT2D eigenvalue weighted by Crippen LogP contribution is 2.26. The van der Waals surface area contributed by atoms with Gasteiger partial charge in [0, 0.05) is 42.4 Å². The van der Waals surface area contributed by atoms with E-state index in [1.54, 1.807) is 0 Å². The molecule has 2 amide bonds. The number of anilines is 2. The first-order chi connectivity index (χ1) is 14.2. The molecule has 0 unspecified atom stereocenters. The summed E-state index contributed by atoms with van der Waals surface area (Å²) < 4.78 is 0. The molecule has 0 atom stereocenters. The topological polar surface area (TPSA) is 52.7 Å². The van der Waals surface area contributed by atoms with Crippen LogP contribution in [0.4, 0.5) is 11.4 Å². The standard InChI is InChI=1S/C23H27N3O2S/c27-22(26-14-5-6-15-26)17-29-21-11-2-1-10-20(21)23(28)24-18-8-7-9-19(16-18)25-12-3-4-13-25/h1-2,7-11,16H,3-6,12-15,17H2,(H,24,28). The van der Waals surface area contributed by atoms with Gasteiger partial charge in [-0.3, -0.25) is 9.59 Å². The molecule has 5 nitrogen and oxygen atoms in total. The van der Waals surface area contributed by atoms with Gasteiger partial charge in [-0.25, -0.2) is 0 Å². The predicted octanol–water partition coefficient (Wildman–Crippen LogP) is 4.25. The second-order valence-electron chi connectivity index (χ2n) is 7.57. The van der Waals surface area contributed by atoms with Gasteiger partial charge in [0.05, 0.1) is 11.3 Å². The zero-order valence-corrected chi connectivity index (χ0v) is 17.4. The Kier molecular flexibility index (Phi) is 6.39. The van der Waals surface area contributed by atoms with E-state index < -0.39 is 0 Å². The summed E-state index contributed by atoms with van der Waals surface area (Å²) in [7, 11) is 0. The molecule has 29 heavy (non-hydrogen) atoms. The summed E-state index contributed by atoms with van der Waals surface area (Å²) in [6, 6.07) is 15.5. The second-order valence-corrected chi connectivity index (χ2v) is 8.59. The van der Waals surface area contributed by atoms with Crippen LogP contribution in [0, 0.1) is 0 Å². The number of carbonyl (C=O) groups is 2. The van der Waals surface area contributed by atoms with Gasteiger partial charge < -0.3 is 15.1 Å². The third-order valence-corrected chi connectivity index (χ3v) is 6.58. The molecule has 152 valence electrons. The zero-order valence-electron chi connectivity index (χ0n) is 16.6. The van der Waals surface area contributed by atoms with Gasteiger partial charge in [0.15, 0.2) is 0 Å². The van der Waals surface area contributed by atoms with Crippen molar-refractivity contribution in [2.75, 3.05) is 42.1 Å². The first-order valence-corrected chi connectivity index (χ1v) is 11.4. The molecule has 2 aromatic carbocycles. The maximum absolute atomic E-state index is 12.9. The number of carbonyl (C=O) groups excluding carboxylic acids is 2. The largest absolute Gasteiger partial charge is 0.371 e. The van der Waals surface area contributed by atoms with E-state index in [4.69, 9.17) is 0 Å². The van der Waals surface area contributed by atoms with E-state index >= 15 is 0 Å². The number of amides is 2. The third-order valence-electron chi connectivity index (χ3n) is 5.52. The average molecular weight is 410 g/mol. The van der Waals surface area contributed by atoms with E-state index in [1.807, 2.05) is 47.4 Å². The number of thioether (sulfide) groups is 1. The Morgan fingerprint density at radius 2 is 1.62 bits per heavy atom. The number of nitrogens with zero attached hydrogens (tertiary/aromatic N) is 2. The molecule has 1 N–H and O–H groups in total. The summed E-state index contributed by atoms with van der Waals surface area (Å²) in [5, 5.41) is 3.03. The molecular formula is C23H27N3O2S. The quantitative estimate of drug-likeness (QED) is 0.725. The number of benzene rings is 2. The summed E-state index contributed by atoms with van der Waals surface area (Å²) in [5.41, 5.74) is 2.56. The highest BCUT2D eigenvalue weighted by atomic mass is 32.2. The van der Waals surface area contributed by atoms with Crippen LogP contribution in [0.15, 0.2) is 53.4 Å². The van der Waals surface area contributed by atoms with Crippen LogP contribution in [0.25, 0.3) is 0 Å². The Morgan fingerprint density at radius 1 is 0.897 bits per heavy atom. The van der Waals surface area contributed by atoms with Gasteiger partial charge >= 0.3 is 0 Å². The summed E-state index contributed by atoms with van der Waals surface area (Å²) in [6.45, 7) is 3.85. The molecule has 0 bridgehead atoms. The SMILES string of the molecule is O=C(Nc1cccc(N2CCCC2)c1)c1ccccc1SCC(=O)N1CCCC1. The number of hydrogen-bond acceptors (Lipinski definition) is 4. The molecule has 2 heterocycles. The lowest BCUT2D eigenvalue weighted by Crippen LogP contribution is -2.29. The minimum Gasteiger partial charge on any atom is -0.371 e. The van der Waals surface area contributed by atoms with Gasteiger partial charge in [-0.2, -0.15) is 0 Å². The van der Waals surface area contributed by atoms with Gasteiger partial charge in [-0.15, -0.1) is 11.8 Å². The van der Waals surface area contributed by atoms with Crippen LogP contribution >= 0.6 is 11.8 Å². The van der Waals surface area contributed by atoms with Crippen molar-refractivity contribution in [3.63, 3.8) is 0 Å². The maximum Gasteiger partial charge on any atom is 0.256 e. The fourth-order valence-corrected chi connectivity index (χ4v) is 4.88. The van der Waals surface area contributed by atoms with Crippen LogP contribution in [0.1, 0.15) is 36.0 Å². The Bertz CT molecular complexity index is 874. The van der Waals surface area contributed by atoms with Crippen molar-refractivity contribution in [3.8, 4) is 0 Å². The molecule has 0 spiro atoms. The summed E-state index contributed by atoms with van der Waals surface area (Å²) in [4.78, 5) is 30.4. The van der Waals surface area contributed by atoms with Crippen LogP contribution in [0.2, 0.25) is 0 Å². The molecular weight excluding hydrogens is 382 g/mol. The molecule has 2 aliphatic rings. The van der Waals surface area contributed by atoms with Crippen LogP contribution in [-0.4, -0.2) is 48.6 Å². The Balaban J connectivity index is 1.42. The van der Waals surface area contributed by atoms with Crippen molar-refractivity contribution in [2.24, 2.45) is 0 Å². The van der Waals surface area contributed by atoms with Crippen molar-refractivity contribution in [1.82, 2.24) is 4.90 Å². The molecule has 2 aliphatic heterocycles. The zero-order chi connectivity index (χ0) is 20.1. The first kappa shape index (κ1) is 19.8. The van der Waals surface area contributed by atoms with Crippen molar-refractivity contribution in [3.05, 3.63) is 54.1 Å². The van der Waals surface area contributed by atoms with Crippen molar-refractivity contribution in [2.45, 2.75) is 30.6 Å². The number of nitrogens with one attached hydrogen (secondary N) is 1. The lowest BCUT2D eigenvalue weighted by Gasteiger charge is -2.18. The summed E-state index contributed by atoms with van der Waals surface area (Å²) in [5.74, 6) is 0.385. The Morgan fingerprint density at radius 3 is 2.41 bits per heavy atom. The van der Waals surface area contributed by atoms with Gasteiger partial charge in [-0.1, -0.05) is 18.2 Å². The molecule has 2 saturated heterocycles. The summed E-state index contributed by atoms with van der Waals surface area (Å²) >= 11 is 1.44. The average Bonchev–Trinajstić information content (AvgIpc) is 3.47. The van der Waals surface area contributed by atoms with E-state index in [2.05, 4.69) is 16.3 Å². The van der Waals surface area contributed by atoms with E-state index in [9.17, 15) is 9.59 Å². The number of hydrogen-bond donors (Lipinski definition) is 1. The van der Waals surface area contributed by atoms with Crippen molar-refractivity contribution >= 4 is 35.0 Å². The lowest BCUT2D eigenvalue weighted by atomic mass is 10.2. The first-order valence-electron chi connectivity index (χ1n) is 10.4. The molecule has 6 heteroatoms. The molecule has 0 aliphatic carbocycles. The van der Waals surface area contributed by atoms with Gasteiger partial charge in [0.1, 0.15) is 0 Å². The van der Waals surface area contributed by atoms with Crippen LogP contribution in [-0.2, 0) is 4.79 Å². The number of likely N-dealkylation sites (tertiary alicyclic amines) is 1. The molecule has 0 saturated carbocycles. The normalized spacial score (nSPS) is 16.3. The van der Waals surface area contributed by atoms with Gasteiger partial charge in [0.2, 0.25) is 5.91 Å². The number of rotatable bonds is 6. The van der Waals surface area contributed by atoms with Crippen LogP contribution < -0.4 is 10.2 Å². The molecule has 2 fully saturated rings. The lowest BCUT2D eigenvalue weighted by molar-refractivity contribution is -0.127. The fraction of sp³-hybridized carbons (Fsp3) is 0.391. The molecule has 0 aromatic heterocycles. The minimum absolute atomic E-state index is 0.139. The predicted molar refractivity (Wildman–Crippen MR) is 119 cm³/mol. The van der Waals surface area contributed by atoms with E-state index in [0.29, 0.717) is 11.3 Å². The minimum atomic E-state index is -0.139. The maximum atomic E-state index is 12.9. The van der Waals surface area contributed by atoms with E-state index in [-0.39, 0.29) is 11.8 Å². The fourth-order valence-electron chi connectivity index (χ4n) is 3.93. The van der Waals surface area contributed by atoms with Crippen molar-refractivity contribution < 1.29 is 9.59 Å². The van der Waals surface area contributed by atoms with E-state index in [1.165, 1.54) is 24.6 Å². The Labute approximate surface area is 176 Å². The van der Waals surface area contributed by atoms with Crippen LogP contribution in [0.3, 0.4) is 0 Å². The van der Waals surface area contributed by atoms with Crippen LogP contribution in [0.5, 0.6) is 0 Å². The summed E-state index contributed by atoms with van der Waals surface area (Å²) in [6.07, 6.45) is 4.62. The second kappa shape index (κ2) is 9.35. The highest BCUT2D eigenvalue weighted by Gasteiger charge is 2.19. The van der Waals surface area contributed by atoms with E-state index in [0.717, 1.165) is 55.3 Å². The molecule has 2 aromatic rings. The highest BCUT2D eigenvalue weighted by molar-refractivity contribution is 8.00. The third kappa shape index (κ3) is 4.93. The molecule has 0 radical (unpaired) electrons. The van der Waals surface area contributed by atoms with Gasteiger partial charge in [0.25, 0.3) is 5.91 Å². The Hall–Kier alpha value is -2.47. The smallest absolute Gasteiger partial charge is 0.256 e. The van der Waals surface area contributed by atoms with Crippen molar-refractivity contribution in [1.29, 1.82) is 0 Å². The van der Waals surface area contributed by atoms with Gasteiger partial charge in [-0.05, 0) is 56.0 Å². The monoisotopic (exact) mass is 409 g/mol.